The average molecular weight is 526 g/mol. The molecule has 2 aliphatic rings. The summed E-state index contributed by atoms with van der Waals surface area (Å²) in [6, 6.07) is 14.2. The summed E-state index contributed by atoms with van der Waals surface area (Å²) in [5.74, 6) is 1.65. The molecule has 0 N–H and O–H groups in total. The first-order chi connectivity index (χ1) is 16.9. The fourth-order valence-corrected chi connectivity index (χ4v) is 8.49. The number of benzene rings is 1. The van der Waals surface area contributed by atoms with Gasteiger partial charge in [-0.1, -0.05) is 26.0 Å². The number of thioether (sulfide) groups is 1. The fourth-order valence-electron chi connectivity index (χ4n) is 4.92. The quantitative estimate of drug-likeness (QED) is 0.256. The van der Waals surface area contributed by atoms with E-state index in [4.69, 9.17) is 5.10 Å². The number of aromatic nitrogens is 3. The van der Waals surface area contributed by atoms with Crippen LogP contribution in [0.4, 0.5) is 16.0 Å². The number of rotatable bonds is 6. The second-order valence-corrected chi connectivity index (χ2v) is 13.8. The van der Waals surface area contributed by atoms with E-state index in [0.29, 0.717) is 5.25 Å². The standard InChI is InChI=1S/C26H28FN5S3/c1-17(2)33-22-9-10-23(34-22)35-32-20-6-4-5-18(3)24(20)25(29-32)31-14-13-30(16-26(31)11-12-26)21-8-7-19(27)15-28-21/h4-10,15,17H,11-14,16H2,1-3H3. The van der Waals surface area contributed by atoms with Gasteiger partial charge in [0.05, 0.1) is 25.7 Å². The number of pyridine rings is 1. The Balaban J connectivity index is 1.32. The summed E-state index contributed by atoms with van der Waals surface area (Å²) < 4.78 is 18.1. The molecule has 182 valence electrons. The molecular weight excluding hydrogens is 498 g/mol. The van der Waals surface area contributed by atoms with Crippen molar-refractivity contribution in [3.63, 3.8) is 0 Å². The maximum atomic E-state index is 13.4. The third kappa shape index (κ3) is 4.42. The molecule has 1 aromatic carbocycles. The molecule has 0 unspecified atom stereocenters. The molecule has 35 heavy (non-hydrogen) atoms. The largest absolute Gasteiger partial charge is 0.352 e. The highest BCUT2D eigenvalue weighted by Crippen LogP contribution is 2.49. The number of anilines is 2. The minimum absolute atomic E-state index is 0.0668. The molecule has 0 bridgehead atoms. The molecule has 4 heterocycles. The minimum atomic E-state index is -0.292. The number of aryl methyl sites for hydroxylation is 1. The van der Waals surface area contributed by atoms with E-state index in [1.807, 2.05) is 23.1 Å². The van der Waals surface area contributed by atoms with Gasteiger partial charge in [0, 0.05) is 42.2 Å². The minimum Gasteiger partial charge on any atom is -0.352 e. The number of nitrogens with zero attached hydrogens (tertiary/aromatic N) is 5. The van der Waals surface area contributed by atoms with E-state index in [1.165, 1.54) is 31.6 Å². The summed E-state index contributed by atoms with van der Waals surface area (Å²) in [6.45, 7) is 9.25. The first kappa shape index (κ1) is 23.2. The molecule has 1 aliphatic carbocycles. The first-order valence-electron chi connectivity index (χ1n) is 12.0. The van der Waals surface area contributed by atoms with Crippen LogP contribution in [0.3, 0.4) is 0 Å². The molecule has 1 saturated heterocycles. The summed E-state index contributed by atoms with van der Waals surface area (Å²) in [6.07, 6.45) is 3.59. The SMILES string of the molecule is Cc1cccc2c1c(N1CCN(c3ccc(F)cn3)CC13CC3)nn2Sc1ccc(SC(C)C)s1. The van der Waals surface area contributed by atoms with Crippen LogP contribution in [0.2, 0.25) is 0 Å². The van der Waals surface area contributed by atoms with E-state index in [0.717, 1.165) is 49.6 Å². The van der Waals surface area contributed by atoms with Crippen molar-refractivity contribution in [2.75, 3.05) is 29.4 Å². The maximum absolute atomic E-state index is 13.4. The van der Waals surface area contributed by atoms with Crippen molar-refractivity contribution in [3.8, 4) is 0 Å². The van der Waals surface area contributed by atoms with Gasteiger partial charge in [-0.15, -0.1) is 28.2 Å². The Bertz CT molecular complexity index is 1360. The number of halogens is 1. The molecule has 3 aromatic heterocycles. The Kier molecular flexibility index (Phi) is 5.97. The number of hydrogen-bond donors (Lipinski definition) is 0. The lowest BCUT2D eigenvalue weighted by molar-refractivity contribution is 0.502. The highest BCUT2D eigenvalue weighted by Gasteiger charge is 2.52. The van der Waals surface area contributed by atoms with E-state index in [9.17, 15) is 4.39 Å². The Morgan fingerprint density at radius 1 is 1.06 bits per heavy atom. The summed E-state index contributed by atoms with van der Waals surface area (Å²) >= 11 is 5.45. The maximum Gasteiger partial charge on any atom is 0.160 e. The highest BCUT2D eigenvalue weighted by molar-refractivity contribution is 8.03. The van der Waals surface area contributed by atoms with Crippen LogP contribution in [0.15, 0.2) is 57.1 Å². The molecule has 1 spiro atoms. The van der Waals surface area contributed by atoms with Crippen LogP contribution in [0.5, 0.6) is 0 Å². The zero-order valence-electron chi connectivity index (χ0n) is 20.1. The summed E-state index contributed by atoms with van der Waals surface area (Å²) in [5.41, 5.74) is 2.48. The van der Waals surface area contributed by atoms with Crippen LogP contribution in [-0.2, 0) is 0 Å². The number of fused-ring (bicyclic) bond motifs is 1. The third-order valence-electron chi connectivity index (χ3n) is 6.72. The molecule has 6 rings (SSSR count). The predicted molar refractivity (Wildman–Crippen MR) is 147 cm³/mol. The van der Waals surface area contributed by atoms with Gasteiger partial charge >= 0.3 is 0 Å². The normalized spacial score (nSPS) is 17.2. The molecule has 0 radical (unpaired) electrons. The molecule has 0 amide bonds. The molecular formula is C26H28FN5S3. The molecule has 2 fully saturated rings. The zero-order chi connectivity index (χ0) is 24.2. The van der Waals surface area contributed by atoms with Crippen LogP contribution in [0.1, 0.15) is 32.3 Å². The fraction of sp³-hybridized carbons (Fsp3) is 0.385. The van der Waals surface area contributed by atoms with Crippen molar-refractivity contribution in [2.24, 2.45) is 0 Å². The van der Waals surface area contributed by atoms with Gasteiger partial charge in [0.25, 0.3) is 0 Å². The third-order valence-corrected chi connectivity index (χ3v) is 10.0. The monoisotopic (exact) mass is 525 g/mol. The van der Waals surface area contributed by atoms with Gasteiger partial charge in [-0.25, -0.2) is 9.37 Å². The Morgan fingerprint density at radius 2 is 1.89 bits per heavy atom. The summed E-state index contributed by atoms with van der Waals surface area (Å²) in [5, 5.41) is 7.02. The van der Waals surface area contributed by atoms with Gasteiger partial charge in [-0.3, -0.25) is 0 Å². The first-order valence-corrected chi connectivity index (χ1v) is 14.5. The Morgan fingerprint density at radius 3 is 2.63 bits per heavy atom. The molecule has 0 atom stereocenters. The van der Waals surface area contributed by atoms with Gasteiger partial charge in [-0.05, 0) is 55.7 Å². The Labute approximate surface area is 217 Å². The van der Waals surface area contributed by atoms with Gasteiger partial charge < -0.3 is 9.80 Å². The summed E-state index contributed by atoms with van der Waals surface area (Å²) in [4.78, 5) is 9.17. The van der Waals surface area contributed by atoms with Crippen LogP contribution in [0, 0.1) is 12.7 Å². The zero-order valence-corrected chi connectivity index (χ0v) is 22.5. The summed E-state index contributed by atoms with van der Waals surface area (Å²) in [7, 11) is 0. The van der Waals surface area contributed by atoms with Crippen LogP contribution >= 0.6 is 35.0 Å². The number of piperazine rings is 1. The van der Waals surface area contributed by atoms with E-state index in [-0.39, 0.29) is 11.4 Å². The second-order valence-electron chi connectivity index (χ2n) is 9.63. The van der Waals surface area contributed by atoms with Crippen LogP contribution in [-0.4, -0.2) is 44.6 Å². The van der Waals surface area contributed by atoms with Gasteiger partial charge in [-0.2, -0.15) is 4.09 Å². The molecule has 1 aliphatic heterocycles. The van der Waals surface area contributed by atoms with Crippen molar-refractivity contribution in [3.05, 3.63) is 60.0 Å². The van der Waals surface area contributed by atoms with E-state index >= 15 is 0 Å². The molecule has 9 heteroatoms. The van der Waals surface area contributed by atoms with Crippen molar-refractivity contribution < 1.29 is 4.39 Å². The molecule has 1 saturated carbocycles. The van der Waals surface area contributed by atoms with E-state index in [2.05, 4.69) is 70.0 Å². The van der Waals surface area contributed by atoms with Crippen molar-refractivity contribution >= 4 is 57.6 Å². The lowest BCUT2D eigenvalue weighted by Gasteiger charge is -2.43. The highest BCUT2D eigenvalue weighted by atomic mass is 32.2. The smallest absolute Gasteiger partial charge is 0.160 e. The van der Waals surface area contributed by atoms with Crippen molar-refractivity contribution in [1.82, 2.24) is 14.2 Å². The number of hydrogen-bond acceptors (Lipinski definition) is 7. The predicted octanol–water partition coefficient (Wildman–Crippen LogP) is 6.86. The lowest BCUT2D eigenvalue weighted by atomic mass is 10.1. The lowest BCUT2D eigenvalue weighted by Crippen LogP contribution is -2.55. The van der Waals surface area contributed by atoms with Crippen LogP contribution < -0.4 is 9.80 Å². The average Bonchev–Trinajstić information content (AvgIpc) is 3.28. The van der Waals surface area contributed by atoms with Crippen LogP contribution in [0.25, 0.3) is 10.9 Å². The van der Waals surface area contributed by atoms with Gasteiger partial charge in [0.15, 0.2) is 5.82 Å². The van der Waals surface area contributed by atoms with Crippen molar-refractivity contribution in [1.29, 1.82) is 0 Å². The topological polar surface area (TPSA) is 37.2 Å². The second kappa shape index (κ2) is 9.01. The molecule has 5 nitrogen and oxygen atoms in total. The van der Waals surface area contributed by atoms with Gasteiger partial charge in [0.2, 0.25) is 0 Å². The van der Waals surface area contributed by atoms with Crippen molar-refractivity contribution in [2.45, 2.75) is 52.8 Å². The van der Waals surface area contributed by atoms with Gasteiger partial charge in [0.1, 0.15) is 11.6 Å². The molecule has 4 aromatic rings. The number of thiophene rings is 1. The van der Waals surface area contributed by atoms with E-state index < -0.39 is 0 Å². The Hall–Kier alpha value is -2.23. The van der Waals surface area contributed by atoms with E-state index in [1.54, 1.807) is 18.0 Å².